The molecule has 0 heterocycles. The van der Waals surface area contributed by atoms with Gasteiger partial charge in [-0.2, -0.15) is 10.5 Å². The summed E-state index contributed by atoms with van der Waals surface area (Å²) < 4.78 is 0. The maximum atomic E-state index is 10.3. The second-order valence-corrected chi connectivity index (χ2v) is 3.76. The molecule has 2 N–H and O–H groups in total. The summed E-state index contributed by atoms with van der Waals surface area (Å²) in [6.45, 7) is 0.643. The maximum absolute atomic E-state index is 10.3. The minimum atomic E-state index is -0.792. The number of unbranched alkanes of at least 4 members (excludes halogenated alkanes) is 1. The van der Waals surface area contributed by atoms with E-state index >= 15 is 0 Å². The van der Waals surface area contributed by atoms with Gasteiger partial charge < -0.3 is 10.4 Å². The number of carbonyl (C=O) groups is 1. The van der Waals surface area contributed by atoms with Gasteiger partial charge in [0.15, 0.2) is 0 Å². The van der Waals surface area contributed by atoms with E-state index < -0.39 is 5.97 Å². The van der Waals surface area contributed by atoms with Gasteiger partial charge in [-0.15, -0.1) is 0 Å². The van der Waals surface area contributed by atoms with Crippen LogP contribution in [0.15, 0.2) is 18.2 Å². The van der Waals surface area contributed by atoms with Crippen LogP contribution in [0.1, 0.15) is 30.4 Å². The molecule has 0 amide bonds. The first kappa shape index (κ1) is 13.5. The van der Waals surface area contributed by atoms with Gasteiger partial charge in [-0.05, 0) is 31.0 Å². The molecule has 5 heteroatoms. The smallest absolute Gasteiger partial charge is 0.303 e. The fourth-order valence-corrected chi connectivity index (χ4v) is 1.48. The van der Waals surface area contributed by atoms with Crippen molar-refractivity contribution in [2.24, 2.45) is 0 Å². The van der Waals surface area contributed by atoms with Crippen molar-refractivity contribution >= 4 is 11.7 Å². The third-order valence-electron chi connectivity index (χ3n) is 2.41. The fourth-order valence-electron chi connectivity index (χ4n) is 1.48. The Hall–Kier alpha value is -2.53. The van der Waals surface area contributed by atoms with Crippen LogP contribution >= 0.6 is 0 Å². The number of rotatable bonds is 6. The molecule has 0 fully saturated rings. The van der Waals surface area contributed by atoms with E-state index in [-0.39, 0.29) is 6.42 Å². The molecule has 0 bridgehead atoms. The summed E-state index contributed by atoms with van der Waals surface area (Å²) in [5.74, 6) is -0.792. The summed E-state index contributed by atoms with van der Waals surface area (Å²) in [4.78, 5) is 10.3. The first-order valence-electron chi connectivity index (χ1n) is 5.57. The molecular formula is C13H13N3O2. The summed E-state index contributed by atoms with van der Waals surface area (Å²) in [5, 5.41) is 29.2. The molecule has 1 aromatic carbocycles. The van der Waals surface area contributed by atoms with Crippen molar-refractivity contribution in [2.75, 3.05) is 11.9 Å². The van der Waals surface area contributed by atoms with E-state index in [4.69, 9.17) is 15.6 Å². The van der Waals surface area contributed by atoms with Crippen molar-refractivity contribution in [1.29, 1.82) is 10.5 Å². The lowest BCUT2D eigenvalue weighted by atomic mass is 10.1. The first-order valence-corrected chi connectivity index (χ1v) is 5.57. The van der Waals surface area contributed by atoms with Crippen LogP contribution in [-0.2, 0) is 4.79 Å². The van der Waals surface area contributed by atoms with Gasteiger partial charge in [-0.3, -0.25) is 4.79 Å². The molecule has 0 radical (unpaired) electrons. The second kappa shape index (κ2) is 6.93. The molecule has 0 saturated heterocycles. The average Bonchev–Trinajstić information content (AvgIpc) is 2.37. The van der Waals surface area contributed by atoms with Gasteiger partial charge in [0.1, 0.15) is 12.1 Å². The first-order chi connectivity index (χ1) is 8.67. The summed E-state index contributed by atoms with van der Waals surface area (Å²) in [6.07, 6.45) is 1.52. The van der Waals surface area contributed by atoms with Crippen LogP contribution in [-0.4, -0.2) is 17.6 Å². The zero-order chi connectivity index (χ0) is 13.4. The Balaban J connectivity index is 2.47. The predicted octanol–water partition coefficient (Wildman–Crippen LogP) is 2.10. The highest BCUT2D eigenvalue weighted by molar-refractivity contribution is 5.66. The molecule has 0 aliphatic rings. The Bertz CT molecular complexity index is 512. The molecule has 5 nitrogen and oxygen atoms in total. The highest BCUT2D eigenvalue weighted by Gasteiger charge is 2.02. The molecule has 1 aromatic rings. The largest absolute Gasteiger partial charge is 0.481 e. The van der Waals surface area contributed by atoms with E-state index in [9.17, 15) is 4.79 Å². The van der Waals surface area contributed by atoms with Gasteiger partial charge in [0.05, 0.1) is 11.1 Å². The Morgan fingerprint density at radius 3 is 2.56 bits per heavy atom. The SMILES string of the molecule is N#Cc1ccc(NCCCCC(=O)O)cc1C#N. The number of benzene rings is 1. The topological polar surface area (TPSA) is 96.9 Å². The van der Waals surface area contributed by atoms with E-state index in [0.29, 0.717) is 24.1 Å². The molecule has 0 atom stereocenters. The van der Waals surface area contributed by atoms with Crippen LogP contribution in [0.3, 0.4) is 0 Å². The van der Waals surface area contributed by atoms with Crippen LogP contribution in [0.4, 0.5) is 5.69 Å². The number of nitriles is 2. The van der Waals surface area contributed by atoms with Crippen LogP contribution in [0.25, 0.3) is 0 Å². The molecule has 0 saturated carbocycles. The molecule has 0 spiro atoms. The van der Waals surface area contributed by atoms with Gasteiger partial charge in [-0.25, -0.2) is 0 Å². The number of nitrogens with one attached hydrogen (secondary N) is 1. The molecule has 92 valence electrons. The van der Waals surface area contributed by atoms with Crippen LogP contribution in [0, 0.1) is 22.7 Å². The molecule has 1 rings (SSSR count). The summed E-state index contributed by atoms with van der Waals surface area (Å²) in [5.41, 5.74) is 1.46. The van der Waals surface area contributed by atoms with Gasteiger partial charge in [0, 0.05) is 18.7 Å². The van der Waals surface area contributed by atoms with Crippen LogP contribution in [0.5, 0.6) is 0 Å². The zero-order valence-electron chi connectivity index (χ0n) is 9.81. The van der Waals surface area contributed by atoms with Gasteiger partial charge in [0.2, 0.25) is 0 Å². The summed E-state index contributed by atoms with van der Waals surface area (Å²) in [6, 6.07) is 8.86. The number of aliphatic carboxylic acids is 1. The third kappa shape index (κ3) is 4.15. The highest BCUT2D eigenvalue weighted by atomic mass is 16.4. The van der Waals surface area contributed by atoms with Crippen molar-refractivity contribution in [3.05, 3.63) is 29.3 Å². The lowest BCUT2D eigenvalue weighted by molar-refractivity contribution is -0.137. The summed E-state index contributed by atoms with van der Waals surface area (Å²) in [7, 11) is 0. The highest BCUT2D eigenvalue weighted by Crippen LogP contribution is 2.14. The molecular weight excluding hydrogens is 230 g/mol. The maximum Gasteiger partial charge on any atom is 0.303 e. The fraction of sp³-hybridized carbons (Fsp3) is 0.308. The van der Waals surface area contributed by atoms with Crippen molar-refractivity contribution in [3.63, 3.8) is 0 Å². The second-order valence-electron chi connectivity index (χ2n) is 3.76. The van der Waals surface area contributed by atoms with E-state index in [0.717, 1.165) is 12.1 Å². The number of hydrogen-bond donors (Lipinski definition) is 2. The Morgan fingerprint density at radius 2 is 1.94 bits per heavy atom. The molecule has 0 aliphatic heterocycles. The molecule has 0 unspecified atom stereocenters. The third-order valence-corrected chi connectivity index (χ3v) is 2.41. The van der Waals surface area contributed by atoms with E-state index in [2.05, 4.69) is 5.32 Å². The molecule has 0 aromatic heterocycles. The van der Waals surface area contributed by atoms with E-state index in [1.54, 1.807) is 18.2 Å². The zero-order valence-corrected chi connectivity index (χ0v) is 9.81. The van der Waals surface area contributed by atoms with Crippen LogP contribution in [0.2, 0.25) is 0 Å². The van der Waals surface area contributed by atoms with Gasteiger partial charge in [0.25, 0.3) is 0 Å². The van der Waals surface area contributed by atoms with Crippen LogP contribution < -0.4 is 5.32 Å². The van der Waals surface area contributed by atoms with Crippen molar-refractivity contribution in [3.8, 4) is 12.1 Å². The number of carboxylic acids is 1. The van der Waals surface area contributed by atoms with Crippen molar-refractivity contribution in [1.82, 2.24) is 0 Å². The standard InChI is InChI=1S/C13H13N3O2/c14-8-10-4-5-12(7-11(10)9-15)16-6-2-1-3-13(17)18/h4-5,7,16H,1-3,6H2,(H,17,18). The molecule has 0 aliphatic carbocycles. The van der Waals surface area contributed by atoms with E-state index in [1.807, 2.05) is 12.1 Å². The number of nitrogens with zero attached hydrogens (tertiary/aromatic N) is 2. The Kier molecular flexibility index (Phi) is 5.21. The quantitative estimate of drug-likeness (QED) is 0.745. The Labute approximate surface area is 105 Å². The minimum absolute atomic E-state index is 0.165. The lowest BCUT2D eigenvalue weighted by Crippen LogP contribution is -2.03. The number of carboxylic acid groups (broad SMARTS) is 1. The predicted molar refractivity (Wildman–Crippen MR) is 65.8 cm³/mol. The average molecular weight is 243 g/mol. The minimum Gasteiger partial charge on any atom is -0.481 e. The number of anilines is 1. The summed E-state index contributed by atoms with van der Waals surface area (Å²) >= 11 is 0. The number of hydrogen-bond acceptors (Lipinski definition) is 4. The normalized spacial score (nSPS) is 9.22. The van der Waals surface area contributed by atoms with Gasteiger partial charge >= 0.3 is 5.97 Å². The van der Waals surface area contributed by atoms with Gasteiger partial charge in [-0.1, -0.05) is 0 Å². The van der Waals surface area contributed by atoms with E-state index in [1.165, 1.54) is 0 Å². The molecule has 18 heavy (non-hydrogen) atoms. The monoisotopic (exact) mass is 243 g/mol. The van der Waals surface area contributed by atoms with Crippen molar-refractivity contribution in [2.45, 2.75) is 19.3 Å². The Morgan fingerprint density at radius 1 is 1.22 bits per heavy atom. The lowest BCUT2D eigenvalue weighted by Gasteiger charge is -2.06. The van der Waals surface area contributed by atoms with Crippen molar-refractivity contribution < 1.29 is 9.90 Å².